The lowest BCUT2D eigenvalue weighted by molar-refractivity contribution is 0.595. The molecule has 2 rings (SSSR count). The highest BCUT2D eigenvalue weighted by molar-refractivity contribution is 9.10. The van der Waals surface area contributed by atoms with Gasteiger partial charge < -0.3 is 0 Å². The summed E-state index contributed by atoms with van der Waals surface area (Å²) in [5.74, 6) is 0.282. The monoisotopic (exact) mass is 368 g/mol. The van der Waals surface area contributed by atoms with Gasteiger partial charge in [-0.15, -0.1) is 0 Å². The Morgan fingerprint density at radius 1 is 1.19 bits per heavy atom. The van der Waals surface area contributed by atoms with Gasteiger partial charge in [-0.25, -0.2) is 13.4 Å². The lowest BCUT2D eigenvalue weighted by Gasteiger charge is -2.13. The molecule has 0 bridgehead atoms. The standard InChI is InChI=1S/C15H17BrN2O2S/c1-11(13-6-4-3-5-7-13)10-21(19,20)18-15-9-8-14(16)12(2)17-15/h3-9,11H,10H2,1-2H3,(H,17,18). The van der Waals surface area contributed by atoms with Crippen molar-refractivity contribution in [3.63, 3.8) is 0 Å². The van der Waals surface area contributed by atoms with E-state index >= 15 is 0 Å². The average Bonchev–Trinajstić information content (AvgIpc) is 2.43. The van der Waals surface area contributed by atoms with Gasteiger partial charge >= 0.3 is 0 Å². The van der Waals surface area contributed by atoms with Crippen molar-refractivity contribution in [2.24, 2.45) is 0 Å². The number of aromatic nitrogens is 1. The fourth-order valence-corrected chi connectivity index (χ4v) is 3.60. The first kappa shape index (κ1) is 16.0. The molecular formula is C15H17BrN2O2S. The molecule has 1 N–H and O–H groups in total. The van der Waals surface area contributed by atoms with Crippen molar-refractivity contribution in [3.05, 3.63) is 58.2 Å². The van der Waals surface area contributed by atoms with E-state index in [1.54, 1.807) is 12.1 Å². The minimum atomic E-state index is -3.44. The summed E-state index contributed by atoms with van der Waals surface area (Å²) in [5, 5.41) is 0. The summed E-state index contributed by atoms with van der Waals surface area (Å²) in [5.41, 5.74) is 1.74. The molecule has 6 heteroatoms. The molecule has 0 aliphatic rings. The number of pyridine rings is 1. The van der Waals surface area contributed by atoms with Gasteiger partial charge in [0.1, 0.15) is 5.82 Å². The maximum atomic E-state index is 12.2. The van der Waals surface area contributed by atoms with Gasteiger partial charge in [0, 0.05) is 4.47 Å². The van der Waals surface area contributed by atoms with E-state index < -0.39 is 10.0 Å². The lowest BCUT2D eigenvalue weighted by Crippen LogP contribution is -2.21. The van der Waals surface area contributed by atoms with Crippen molar-refractivity contribution in [1.82, 2.24) is 4.98 Å². The summed E-state index contributed by atoms with van der Waals surface area (Å²) in [6, 6.07) is 13.0. The molecular weight excluding hydrogens is 352 g/mol. The Hall–Kier alpha value is -1.40. The van der Waals surface area contributed by atoms with Crippen molar-refractivity contribution in [2.75, 3.05) is 10.5 Å². The van der Waals surface area contributed by atoms with Crippen molar-refractivity contribution in [1.29, 1.82) is 0 Å². The van der Waals surface area contributed by atoms with E-state index in [2.05, 4.69) is 25.6 Å². The predicted molar refractivity (Wildman–Crippen MR) is 88.9 cm³/mol. The van der Waals surface area contributed by atoms with Crippen LogP contribution in [0, 0.1) is 6.92 Å². The smallest absolute Gasteiger partial charge is 0.234 e. The molecule has 0 spiro atoms. The highest BCUT2D eigenvalue weighted by Crippen LogP contribution is 2.20. The zero-order valence-corrected chi connectivity index (χ0v) is 14.3. The number of rotatable bonds is 5. The van der Waals surface area contributed by atoms with Gasteiger partial charge in [0.15, 0.2) is 0 Å². The minimum Gasteiger partial charge on any atom is -0.267 e. The van der Waals surface area contributed by atoms with E-state index in [9.17, 15) is 8.42 Å². The first-order chi connectivity index (χ1) is 9.87. The maximum absolute atomic E-state index is 12.2. The molecule has 1 aromatic heterocycles. The number of benzene rings is 1. The van der Waals surface area contributed by atoms with Crippen LogP contribution in [0.1, 0.15) is 24.1 Å². The third-order valence-corrected chi connectivity index (χ3v) is 5.42. The number of nitrogens with one attached hydrogen (secondary N) is 1. The molecule has 0 aliphatic carbocycles. The van der Waals surface area contributed by atoms with E-state index in [1.807, 2.05) is 44.2 Å². The first-order valence-electron chi connectivity index (χ1n) is 6.56. The van der Waals surface area contributed by atoms with E-state index in [-0.39, 0.29) is 11.7 Å². The molecule has 0 amide bonds. The quantitative estimate of drug-likeness (QED) is 0.874. The van der Waals surface area contributed by atoms with E-state index in [4.69, 9.17) is 0 Å². The summed E-state index contributed by atoms with van der Waals surface area (Å²) < 4.78 is 27.8. The van der Waals surface area contributed by atoms with Crippen LogP contribution < -0.4 is 4.72 Å². The van der Waals surface area contributed by atoms with Crippen LogP contribution >= 0.6 is 15.9 Å². The van der Waals surface area contributed by atoms with Gasteiger partial charge in [0.25, 0.3) is 0 Å². The Balaban J connectivity index is 2.10. The second kappa shape index (κ2) is 6.58. The largest absolute Gasteiger partial charge is 0.267 e. The summed E-state index contributed by atoms with van der Waals surface area (Å²) in [6.07, 6.45) is 0. The number of hydrogen-bond donors (Lipinski definition) is 1. The molecule has 0 radical (unpaired) electrons. The molecule has 4 nitrogen and oxygen atoms in total. The van der Waals surface area contributed by atoms with Gasteiger partial charge in [-0.1, -0.05) is 37.3 Å². The van der Waals surface area contributed by atoms with Crippen molar-refractivity contribution < 1.29 is 8.42 Å². The Bertz CT molecular complexity index is 718. The highest BCUT2D eigenvalue weighted by atomic mass is 79.9. The Morgan fingerprint density at radius 2 is 1.86 bits per heavy atom. The predicted octanol–water partition coefficient (Wildman–Crippen LogP) is 3.70. The molecule has 112 valence electrons. The SMILES string of the molecule is Cc1nc(NS(=O)(=O)CC(C)c2ccccc2)ccc1Br. The topological polar surface area (TPSA) is 59.1 Å². The average molecular weight is 369 g/mol. The number of sulfonamides is 1. The van der Waals surface area contributed by atoms with E-state index in [0.29, 0.717) is 5.82 Å². The molecule has 0 saturated carbocycles. The van der Waals surface area contributed by atoms with Crippen LogP contribution in [0.3, 0.4) is 0 Å². The van der Waals surface area contributed by atoms with E-state index in [0.717, 1.165) is 15.7 Å². The molecule has 0 aliphatic heterocycles. The Labute approximate surface area is 133 Å². The third-order valence-electron chi connectivity index (χ3n) is 3.12. The number of nitrogens with zero attached hydrogens (tertiary/aromatic N) is 1. The van der Waals surface area contributed by atoms with Gasteiger partial charge in [0.2, 0.25) is 10.0 Å². The molecule has 1 aromatic carbocycles. The lowest BCUT2D eigenvalue weighted by atomic mass is 10.0. The summed E-state index contributed by atoms with van der Waals surface area (Å²) in [4.78, 5) is 4.20. The number of hydrogen-bond acceptors (Lipinski definition) is 3. The van der Waals surface area contributed by atoms with Gasteiger partial charge in [-0.2, -0.15) is 0 Å². The highest BCUT2D eigenvalue weighted by Gasteiger charge is 2.17. The third kappa shape index (κ3) is 4.54. The van der Waals surface area contributed by atoms with Crippen molar-refractivity contribution in [2.45, 2.75) is 19.8 Å². The Kier molecular flexibility index (Phi) is 5.00. The number of aryl methyl sites for hydroxylation is 1. The maximum Gasteiger partial charge on any atom is 0.234 e. The Morgan fingerprint density at radius 3 is 2.48 bits per heavy atom. The van der Waals surface area contributed by atoms with Crippen LogP contribution in [-0.2, 0) is 10.0 Å². The van der Waals surface area contributed by atoms with Crippen LogP contribution in [-0.4, -0.2) is 19.2 Å². The molecule has 0 fully saturated rings. The molecule has 1 unspecified atom stereocenters. The molecule has 21 heavy (non-hydrogen) atoms. The molecule has 2 aromatic rings. The van der Waals surface area contributed by atoms with E-state index in [1.165, 1.54) is 0 Å². The van der Waals surface area contributed by atoms with Crippen LogP contribution in [0.4, 0.5) is 5.82 Å². The van der Waals surface area contributed by atoms with Crippen molar-refractivity contribution in [3.8, 4) is 0 Å². The van der Waals surface area contributed by atoms with Crippen LogP contribution in [0.2, 0.25) is 0 Å². The second-order valence-electron chi connectivity index (χ2n) is 4.96. The second-order valence-corrected chi connectivity index (χ2v) is 7.58. The van der Waals surface area contributed by atoms with Crippen molar-refractivity contribution >= 4 is 31.8 Å². The van der Waals surface area contributed by atoms with Crippen LogP contribution in [0.15, 0.2) is 46.9 Å². The van der Waals surface area contributed by atoms with Crippen LogP contribution in [0.25, 0.3) is 0 Å². The molecule has 1 atom stereocenters. The van der Waals surface area contributed by atoms with Crippen LogP contribution in [0.5, 0.6) is 0 Å². The van der Waals surface area contributed by atoms with Gasteiger partial charge in [-0.05, 0) is 46.5 Å². The zero-order chi connectivity index (χ0) is 15.5. The fourth-order valence-electron chi connectivity index (χ4n) is 2.01. The van der Waals surface area contributed by atoms with Gasteiger partial charge in [0.05, 0.1) is 11.4 Å². The summed E-state index contributed by atoms with van der Waals surface area (Å²) in [7, 11) is -3.44. The summed E-state index contributed by atoms with van der Waals surface area (Å²) >= 11 is 3.34. The summed E-state index contributed by atoms with van der Waals surface area (Å²) in [6.45, 7) is 3.71. The fraction of sp³-hybridized carbons (Fsp3) is 0.267. The minimum absolute atomic E-state index is 0.0216. The molecule has 1 heterocycles. The van der Waals surface area contributed by atoms with Gasteiger partial charge in [-0.3, -0.25) is 4.72 Å². The first-order valence-corrected chi connectivity index (χ1v) is 9.00. The number of halogens is 1. The zero-order valence-electron chi connectivity index (χ0n) is 11.9. The number of anilines is 1. The molecule has 0 saturated heterocycles. The normalized spacial score (nSPS) is 12.9.